The Bertz CT molecular complexity index is 792. The number of hydrogen-bond donors (Lipinski definition) is 1. The maximum absolute atomic E-state index is 13.5. The maximum Gasteiger partial charge on any atom is 0.434 e. The van der Waals surface area contributed by atoms with Gasteiger partial charge in [0.1, 0.15) is 0 Å². The number of rotatable bonds is 4. The van der Waals surface area contributed by atoms with Crippen LogP contribution in [0.1, 0.15) is 35.5 Å². The van der Waals surface area contributed by atoms with Crippen LogP contribution in [-0.2, 0) is 12.4 Å². The number of nitrogens with zero attached hydrogens (tertiary/aromatic N) is 2. The molecule has 142 valence electrons. The summed E-state index contributed by atoms with van der Waals surface area (Å²) in [6.07, 6.45) is -9.02. The molecule has 1 aromatic heterocycles. The highest BCUT2D eigenvalue weighted by Gasteiger charge is 2.41. The Labute approximate surface area is 144 Å². The average Bonchev–Trinajstić information content (AvgIpc) is 2.97. The van der Waals surface area contributed by atoms with Crippen molar-refractivity contribution in [1.29, 1.82) is 0 Å². The first-order chi connectivity index (χ1) is 11.9. The van der Waals surface area contributed by atoms with E-state index in [2.05, 4.69) is 10.4 Å². The van der Waals surface area contributed by atoms with Gasteiger partial charge in [-0.1, -0.05) is 19.9 Å². The Morgan fingerprint density at radius 3 is 2.35 bits per heavy atom. The van der Waals surface area contributed by atoms with Gasteiger partial charge >= 0.3 is 12.4 Å². The zero-order valence-corrected chi connectivity index (χ0v) is 13.7. The largest absolute Gasteiger partial charge is 0.434 e. The van der Waals surface area contributed by atoms with E-state index in [-0.39, 0.29) is 12.5 Å². The Kier molecular flexibility index (Phi) is 5.33. The van der Waals surface area contributed by atoms with Crippen LogP contribution in [0.3, 0.4) is 0 Å². The van der Waals surface area contributed by atoms with E-state index in [9.17, 15) is 31.1 Å². The van der Waals surface area contributed by atoms with Gasteiger partial charge in [-0.25, -0.2) is 4.68 Å². The van der Waals surface area contributed by atoms with E-state index in [0.29, 0.717) is 16.9 Å². The average molecular weight is 379 g/mol. The summed E-state index contributed by atoms with van der Waals surface area (Å²) in [7, 11) is 0. The summed E-state index contributed by atoms with van der Waals surface area (Å²) >= 11 is 0. The second-order valence-electron chi connectivity index (χ2n) is 5.97. The molecule has 0 aliphatic heterocycles. The number of nitrogens with one attached hydrogen (secondary N) is 1. The Hall–Kier alpha value is -2.52. The Balaban J connectivity index is 2.53. The summed E-state index contributed by atoms with van der Waals surface area (Å²) in [5, 5.41) is 5.83. The number of hydrogen-bond acceptors (Lipinski definition) is 2. The van der Waals surface area contributed by atoms with Gasteiger partial charge in [0, 0.05) is 6.54 Å². The van der Waals surface area contributed by atoms with Crippen molar-refractivity contribution in [3.8, 4) is 5.69 Å². The molecule has 0 fully saturated rings. The molecule has 1 aromatic carbocycles. The third-order valence-corrected chi connectivity index (χ3v) is 3.37. The van der Waals surface area contributed by atoms with Crippen molar-refractivity contribution in [2.75, 3.05) is 6.54 Å². The molecule has 0 radical (unpaired) electrons. The fraction of sp³-hybridized carbons (Fsp3) is 0.375. The van der Waals surface area contributed by atoms with Crippen LogP contribution in [0, 0.1) is 5.92 Å². The normalized spacial score (nSPS) is 12.5. The van der Waals surface area contributed by atoms with Crippen LogP contribution in [0.15, 0.2) is 30.5 Å². The van der Waals surface area contributed by atoms with Crippen molar-refractivity contribution in [1.82, 2.24) is 15.1 Å². The fourth-order valence-electron chi connectivity index (χ4n) is 2.19. The highest BCUT2D eigenvalue weighted by atomic mass is 19.4. The van der Waals surface area contributed by atoms with Gasteiger partial charge in [0.25, 0.3) is 5.91 Å². The van der Waals surface area contributed by atoms with E-state index in [0.717, 1.165) is 18.2 Å². The van der Waals surface area contributed by atoms with Crippen LogP contribution in [0.4, 0.5) is 26.3 Å². The molecular weight excluding hydrogens is 364 g/mol. The molecule has 26 heavy (non-hydrogen) atoms. The summed E-state index contributed by atoms with van der Waals surface area (Å²) < 4.78 is 79.1. The van der Waals surface area contributed by atoms with Crippen LogP contribution < -0.4 is 5.32 Å². The van der Waals surface area contributed by atoms with E-state index in [1.54, 1.807) is 13.8 Å². The van der Waals surface area contributed by atoms with Gasteiger partial charge in [0.2, 0.25) is 0 Å². The van der Waals surface area contributed by atoms with Crippen LogP contribution in [0.5, 0.6) is 0 Å². The highest BCUT2D eigenvalue weighted by Crippen LogP contribution is 2.35. The first-order valence-electron chi connectivity index (χ1n) is 7.52. The lowest BCUT2D eigenvalue weighted by Gasteiger charge is -2.14. The van der Waals surface area contributed by atoms with Crippen molar-refractivity contribution in [3.05, 3.63) is 47.3 Å². The van der Waals surface area contributed by atoms with Crippen LogP contribution in [0.2, 0.25) is 0 Å². The molecule has 0 bridgehead atoms. The first kappa shape index (κ1) is 19.8. The van der Waals surface area contributed by atoms with Gasteiger partial charge in [0.15, 0.2) is 5.69 Å². The number of alkyl halides is 6. The third kappa shape index (κ3) is 4.36. The molecule has 10 heteroatoms. The summed E-state index contributed by atoms with van der Waals surface area (Å²) in [5.74, 6) is -0.990. The predicted molar refractivity (Wildman–Crippen MR) is 80.7 cm³/mol. The van der Waals surface area contributed by atoms with Crippen molar-refractivity contribution < 1.29 is 31.1 Å². The molecule has 0 aliphatic rings. The molecule has 0 unspecified atom stereocenters. The number of aromatic nitrogens is 2. The van der Waals surface area contributed by atoms with Gasteiger partial charge in [-0.05, 0) is 24.1 Å². The molecular formula is C16H15F6N3O. The summed E-state index contributed by atoms with van der Waals surface area (Å²) in [4.78, 5) is 12.0. The molecule has 1 amide bonds. The number of carbonyl (C=O) groups is 1. The fourth-order valence-corrected chi connectivity index (χ4v) is 2.19. The van der Waals surface area contributed by atoms with Gasteiger partial charge in [-0.2, -0.15) is 31.4 Å². The summed E-state index contributed by atoms with van der Waals surface area (Å²) in [5.41, 5.74) is -3.76. The topological polar surface area (TPSA) is 46.9 Å². The van der Waals surface area contributed by atoms with Crippen molar-refractivity contribution in [3.63, 3.8) is 0 Å². The van der Waals surface area contributed by atoms with Gasteiger partial charge in [-0.3, -0.25) is 4.79 Å². The second kappa shape index (κ2) is 7.00. The third-order valence-electron chi connectivity index (χ3n) is 3.37. The molecule has 0 saturated carbocycles. The molecule has 1 heterocycles. The van der Waals surface area contributed by atoms with E-state index < -0.39 is 40.8 Å². The van der Waals surface area contributed by atoms with E-state index in [1.165, 1.54) is 0 Å². The maximum atomic E-state index is 13.5. The highest BCUT2D eigenvalue weighted by molar-refractivity contribution is 5.95. The molecule has 2 rings (SSSR count). The number of benzene rings is 1. The van der Waals surface area contributed by atoms with E-state index in [1.807, 2.05) is 0 Å². The lowest BCUT2D eigenvalue weighted by molar-refractivity contribution is -0.143. The van der Waals surface area contributed by atoms with Crippen LogP contribution in [0.25, 0.3) is 5.69 Å². The minimum absolute atomic E-state index is 0.00630. The lowest BCUT2D eigenvalue weighted by atomic mass is 10.1. The zero-order valence-electron chi connectivity index (χ0n) is 13.7. The number of carbonyl (C=O) groups excluding carboxylic acids is 1. The van der Waals surface area contributed by atoms with E-state index in [4.69, 9.17) is 0 Å². The number of halogens is 6. The molecule has 0 spiro atoms. The molecule has 0 saturated heterocycles. The van der Waals surface area contributed by atoms with Gasteiger partial charge < -0.3 is 5.32 Å². The van der Waals surface area contributed by atoms with Crippen molar-refractivity contribution in [2.24, 2.45) is 5.92 Å². The molecule has 4 nitrogen and oxygen atoms in total. The predicted octanol–water partition coefficient (Wildman–Crippen LogP) is 4.30. The molecule has 1 N–H and O–H groups in total. The molecule has 2 aromatic rings. The van der Waals surface area contributed by atoms with Gasteiger partial charge in [-0.15, -0.1) is 0 Å². The van der Waals surface area contributed by atoms with Crippen LogP contribution >= 0.6 is 0 Å². The second-order valence-corrected chi connectivity index (χ2v) is 5.97. The SMILES string of the molecule is CC(C)CNC(=O)c1cnn(-c2cccc(C(F)(F)F)c2)c1C(F)(F)F. The first-order valence-corrected chi connectivity index (χ1v) is 7.52. The number of amides is 1. The van der Waals surface area contributed by atoms with Crippen molar-refractivity contribution in [2.45, 2.75) is 26.2 Å². The standard InChI is InChI=1S/C16H15F6N3O/c1-9(2)7-23-14(26)12-8-24-25(13(12)16(20,21)22)11-5-3-4-10(6-11)15(17,18)19/h3-6,8-9H,7H2,1-2H3,(H,23,26). The minimum Gasteiger partial charge on any atom is -0.352 e. The minimum atomic E-state index is -4.99. The smallest absolute Gasteiger partial charge is 0.352 e. The Morgan fingerprint density at radius 1 is 1.15 bits per heavy atom. The monoisotopic (exact) mass is 379 g/mol. The van der Waals surface area contributed by atoms with Crippen molar-refractivity contribution >= 4 is 5.91 Å². The lowest BCUT2D eigenvalue weighted by Crippen LogP contribution is -2.29. The quantitative estimate of drug-likeness (QED) is 0.806. The zero-order chi connectivity index (χ0) is 19.7. The van der Waals surface area contributed by atoms with E-state index >= 15 is 0 Å². The summed E-state index contributed by atoms with van der Waals surface area (Å²) in [6.45, 7) is 3.67. The van der Waals surface area contributed by atoms with Gasteiger partial charge in [0.05, 0.1) is 23.0 Å². The molecule has 0 atom stereocenters. The Morgan fingerprint density at radius 2 is 1.81 bits per heavy atom. The molecule has 0 aliphatic carbocycles. The van der Waals surface area contributed by atoms with Crippen LogP contribution in [-0.4, -0.2) is 22.2 Å². The summed E-state index contributed by atoms with van der Waals surface area (Å²) in [6, 6.07) is 3.29.